The highest BCUT2D eigenvalue weighted by atomic mass is 32.1. The van der Waals surface area contributed by atoms with Gasteiger partial charge in [-0.25, -0.2) is 5.84 Å². The zero-order valence-electron chi connectivity index (χ0n) is 10.3. The van der Waals surface area contributed by atoms with Crippen molar-refractivity contribution in [2.24, 2.45) is 11.6 Å². The molecule has 0 unspecified atom stereocenters. The van der Waals surface area contributed by atoms with Gasteiger partial charge in [0, 0.05) is 22.8 Å². The van der Waals surface area contributed by atoms with Gasteiger partial charge in [-0.15, -0.1) is 0 Å². The molecule has 1 aromatic rings. The van der Waals surface area contributed by atoms with Crippen LogP contribution in [-0.4, -0.2) is 23.0 Å². The van der Waals surface area contributed by atoms with Gasteiger partial charge in [0.15, 0.2) is 0 Å². The summed E-state index contributed by atoms with van der Waals surface area (Å²) in [5.41, 5.74) is 6.18. The van der Waals surface area contributed by atoms with Gasteiger partial charge in [0.1, 0.15) is 5.54 Å². The van der Waals surface area contributed by atoms with E-state index in [1.54, 1.807) is 11.4 Å². The second kappa shape index (κ2) is 5.30. The first-order valence-corrected chi connectivity index (χ1v) is 6.73. The molecule has 19 heavy (non-hydrogen) atoms. The molecular formula is C12H15N5OS. The molecule has 1 aliphatic carbocycles. The molecule has 0 atom stereocenters. The number of nitrogens with one attached hydrogen (secondary N) is 1. The topological polar surface area (TPSA) is 108 Å². The Bertz CT molecular complexity index is 527. The Morgan fingerprint density at radius 3 is 2.95 bits per heavy atom. The highest BCUT2D eigenvalue weighted by Gasteiger charge is 2.47. The zero-order chi connectivity index (χ0) is 13.9. The highest BCUT2D eigenvalue weighted by molar-refractivity contribution is 7.08. The van der Waals surface area contributed by atoms with E-state index in [9.17, 15) is 4.79 Å². The predicted molar refractivity (Wildman–Crippen MR) is 72.5 cm³/mol. The van der Waals surface area contributed by atoms with E-state index >= 15 is 0 Å². The molecule has 1 aromatic heterocycles. The summed E-state index contributed by atoms with van der Waals surface area (Å²) in [7, 11) is 0. The van der Waals surface area contributed by atoms with Crippen LogP contribution in [0.5, 0.6) is 0 Å². The van der Waals surface area contributed by atoms with Crippen LogP contribution in [0.25, 0.3) is 0 Å². The minimum absolute atomic E-state index is 0.178. The number of nitriles is 1. The fraction of sp³-hybridized carbons (Fsp3) is 0.333. The first kappa shape index (κ1) is 13.4. The molecule has 6 nitrogen and oxygen atoms in total. The number of nitrogens with zero attached hydrogens (tertiary/aromatic N) is 2. The maximum Gasteiger partial charge on any atom is 0.252 e. The Hall–Kier alpha value is -2.04. The summed E-state index contributed by atoms with van der Waals surface area (Å²) in [6.45, 7) is 0.198. The first-order chi connectivity index (χ1) is 9.07. The van der Waals surface area contributed by atoms with E-state index in [1.807, 2.05) is 5.38 Å². The average molecular weight is 277 g/mol. The molecule has 0 aliphatic heterocycles. The van der Waals surface area contributed by atoms with Crippen molar-refractivity contribution in [3.63, 3.8) is 0 Å². The third-order valence-electron chi connectivity index (χ3n) is 2.97. The van der Waals surface area contributed by atoms with Crippen LogP contribution in [0, 0.1) is 11.3 Å². The molecule has 1 aliphatic rings. The second-order valence-electron chi connectivity index (χ2n) is 4.45. The Kier molecular flexibility index (Phi) is 3.74. The molecule has 0 radical (unpaired) electrons. The van der Waals surface area contributed by atoms with Gasteiger partial charge in [0.25, 0.3) is 5.91 Å². The number of carbonyl (C=O) groups is 1. The summed E-state index contributed by atoms with van der Waals surface area (Å²) in [4.78, 5) is 11.7. The van der Waals surface area contributed by atoms with Crippen LogP contribution in [0.2, 0.25) is 0 Å². The SMILES string of the molecule is N#CC1(N(N)/C=C(\N)CNC(=O)c2ccsc2)CC1. The van der Waals surface area contributed by atoms with Crippen molar-refractivity contribution in [3.05, 3.63) is 34.3 Å². The third-order valence-corrected chi connectivity index (χ3v) is 3.65. The summed E-state index contributed by atoms with van der Waals surface area (Å²) in [6.07, 6.45) is 2.99. The highest BCUT2D eigenvalue weighted by Crippen LogP contribution is 2.39. The van der Waals surface area contributed by atoms with Crippen molar-refractivity contribution in [2.75, 3.05) is 6.54 Å². The predicted octanol–water partition coefficient (Wildman–Crippen LogP) is 0.510. The molecule has 1 amide bonds. The molecule has 7 heteroatoms. The smallest absolute Gasteiger partial charge is 0.252 e. The Morgan fingerprint density at radius 1 is 1.68 bits per heavy atom. The lowest BCUT2D eigenvalue weighted by atomic mass is 10.3. The summed E-state index contributed by atoms with van der Waals surface area (Å²) in [6, 6.07) is 3.90. The molecule has 5 N–H and O–H groups in total. The van der Waals surface area contributed by atoms with E-state index in [0.29, 0.717) is 11.3 Å². The van der Waals surface area contributed by atoms with Crippen LogP contribution in [0.3, 0.4) is 0 Å². The van der Waals surface area contributed by atoms with Crippen LogP contribution in [0.1, 0.15) is 23.2 Å². The number of amides is 1. The van der Waals surface area contributed by atoms with Crippen molar-refractivity contribution in [3.8, 4) is 6.07 Å². The molecule has 0 saturated heterocycles. The summed E-state index contributed by atoms with van der Waals surface area (Å²) in [5, 5.41) is 16.6. The zero-order valence-corrected chi connectivity index (χ0v) is 11.1. The molecule has 2 rings (SSSR count). The van der Waals surface area contributed by atoms with Gasteiger partial charge in [-0.05, 0) is 24.3 Å². The van der Waals surface area contributed by atoms with Crippen LogP contribution in [0.4, 0.5) is 0 Å². The number of carbonyl (C=O) groups excluding carboxylic acids is 1. The Morgan fingerprint density at radius 2 is 2.42 bits per heavy atom. The standard InChI is InChI=1S/C12H15N5OS/c13-8-12(2-3-12)17(15)6-10(14)5-16-11(18)9-1-4-19-7-9/h1,4,6-7H,2-3,5,14-15H2,(H,16,18)/b10-6-. The van der Waals surface area contributed by atoms with Crippen LogP contribution >= 0.6 is 11.3 Å². The van der Waals surface area contributed by atoms with Crippen molar-refractivity contribution in [2.45, 2.75) is 18.4 Å². The Balaban J connectivity index is 1.86. The number of hydrogen-bond acceptors (Lipinski definition) is 6. The van der Waals surface area contributed by atoms with Gasteiger partial charge in [-0.3, -0.25) is 9.80 Å². The molecule has 0 aromatic carbocycles. The van der Waals surface area contributed by atoms with Gasteiger partial charge in [-0.2, -0.15) is 16.6 Å². The quantitative estimate of drug-likeness (QED) is 0.537. The van der Waals surface area contributed by atoms with E-state index in [-0.39, 0.29) is 12.5 Å². The third kappa shape index (κ3) is 3.05. The molecule has 0 spiro atoms. The lowest BCUT2D eigenvalue weighted by Gasteiger charge is -2.20. The average Bonchev–Trinajstić information content (AvgIpc) is 3.02. The largest absolute Gasteiger partial charge is 0.399 e. The number of hydrogen-bond donors (Lipinski definition) is 3. The maximum absolute atomic E-state index is 11.7. The summed E-state index contributed by atoms with van der Waals surface area (Å²) >= 11 is 1.46. The Labute approximate surface area is 115 Å². The van der Waals surface area contributed by atoms with Crippen molar-refractivity contribution < 1.29 is 4.79 Å². The summed E-state index contributed by atoms with van der Waals surface area (Å²) in [5.74, 6) is 5.59. The monoisotopic (exact) mass is 277 g/mol. The molecule has 1 fully saturated rings. The van der Waals surface area contributed by atoms with Gasteiger partial charge in [-0.1, -0.05) is 0 Å². The minimum Gasteiger partial charge on any atom is -0.399 e. The first-order valence-electron chi connectivity index (χ1n) is 5.79. The van der Waals surface area contributed by atoms with Crippen LogP contribution in [0.15, 0.2) is 28.7 Å². The number of rotatable bonds is 5. The lowest BCUT2D eigenvalue weighted by Crippen LogP contribution is -2.39. The molecule has 1 heterocycles. The molecule has 0 bridgehead atoms. The fourth-order valence-corrected chi connectivity index (χ4v) is 2.21. The van der Waals surface area contributed by atoms with Gasteiger partial charge in [0.2, 0.25) is 0 Å². The van der Waals surface area contributed by atoms with E-state index in [0.717, 1.165) is 12.8 Å². The van der Waals surface area contributed by atoms with Crippen LogP contribution < -0.4 is 16.9 Å². The van der Waals surface area contributed by atoms with Crippen molar-refractivity contribution >= 4 is 17.2 Å². The number of nitrogens with two attached hydrogens (primary N) is 2. The van der Waals surface area contributed by atoms with Gasteiger partial charge >= 0.3 is 0 Å². The fourth-order valence-electron chi connectivity index (χ4n) is 1.57. The summed E-state index contributed by atoms with van der Waals surface area (Å²) < 4.78 is 0. The molecular weight excluding hydrogens is 262 g/mol. The van der Waals surface area contributed by atoms with E-state index < -0.39 is 5.54 Å². The number of hydrazine groups is 1. The van der Waals surface area contributed by atoms with E-state index in [2.05, 4.69) is 11.4 Å². The van der Waals surface area contributed by atoms with Crippen molar-refractivity contribution in [1.29, 1.82) is 5.26 Å². The van der Waals surface area contributed by atoms with Gasteiger partial charge < -0.3 is 11.1 Å². The second-order valence-corrected chi connectivity index (χ2v) is 5.23. The molecule has 100 valence electrons. The van der Waals surface area contributed by atoms with Gasteiger partial charge in [0.05, 0.1) is 12.6 Å². The van der Waals surface area contributed by atoms with Crippen LogP contribution in [-0.2, 0) is 0 Å². The lowest BCUT2D eigenvalue weighted by molar-refractivity contribution is 0.0957. The molecule has 1 saturated carbocycles. The maximum atomic E-state index is 11.7. The minimum atomic E-state index is -0.609. The normalized spacial score (nSPS) is 16.5. The van der Waals surface area contributed by atoms with Crippen molar-refractivity contribution in [1.82, 2.24) is 10.3 Å². The van der Waals surface area contributed by atoms with E-state index in [1.165, 1.54) is 22.5 Å². The number of thiophene rings is 1. The van der Waals surface area contributed by atoms with E-state index in [4.69, 9.17) is 16.8 Å².